The Kier molecular flexibility index (Phi) is 6.52. The molecule has 0 aromatic heterocycles. The van der Waals surface area contributed by atoms with Crippen LogP contribution in [0.15, 0.2) is 30.0 Å². The van der Waals surface area contributed by atoms with Crippen LogP contribution in [-0.2, 0) is 14.3 Å². The molecule has 1 fully saturated rings. The topological polar surface area (TPSA) is 70.1 Å². The minimum absolute atomic E-state index is 0.0456. The number of likely N-dealkylation sites (tertiary alicyclic amines) is 1. The van der Waals surface area contributed by atoms with Gasteiger partial charge in [0.2, 0.25) is 0 Å². The molecule has 1 unspecified atom stereocenters. The Bertz CT molecular complexity index is 754. The van der Waals surface area contributed by atoms with Gasteiger partial charge < -0.3 is 14.7 Å². The number of aliphatic hydroxyl groups excluding tert-OH is 1. The molecule has 1 saturated heterocycles. The van der Waals surface area contributed by atoms with Crippen molar-refractivity contribution in [3.8, 4) is 0 Å². The maximum absolute atomic E-state index is 13.2. The van der Waals surface area contributed by atoms with Gasteiger partial charge in [-0.1, -0.05) is 29.8 Å². The van der Waals surface area contributed by atoms with Gasteiger partial charge in [0.25, 0.3) is 11.8 Å². The summed E-state index contributed by atoms with van der Waals surface area (Å²) in [4.78, 5) is 29.7. The number of benzene rings is 1. The lowest BCUT2D eigenvalue weighted by Gasteiger charge is -2.34. The van der Waals surface area contributed by atoms with Crippen LogP contribution in [-0.4, -0.2) is 65.7 Å². The Balaban J connectivity index is 1.94. The summed E-state index contributed by atoms with van der Waals surface area (Å²) >= 11 is 0. The van der Waals surface area contributed by atoms with Gasteiger partial charge in [0.15, 0.2) is 0 Å². The maximum atomic E-state index is 13.2. The van der Waals surface area contributed by atoms with E-state index in [9.17, 15) is 14.7 Å². The lowest BCUT2D eigenvalue weighted by molar-refractivity contribution is -0.138. The predicted molar refractivity (Wildman–Crippen MR) is 107 cm³/mol. The van der Waals surface area contributed by atoms with Crippen LogP contribution in [0.3, 0.4) is 0 Å². The van der Waals surface area contributed by atoms with Gasteiger partial charge in [-0.25, -0.2) is 0 Å². The van der Waals surface area contributed by atoms with E-state index >= 15 is 0 Å². The molecule has 2 heterocycles. The molecule has 2 aliphatic rings. The minimum Gasteiger partial charge on any atom is -0.396 e. The number of ether oxygens (including phenoxy) is 1. The smallest absolute Gasteiger partial charge is 0.277 e. The second kappa shape index (κ2) is 8.88. The van der Waals surface area contributed by atoms with Gasteiger partial charge in [-0.15, -0.1) is 0 Å². The first kappa shape index (κ1) is 20.6. The SMILES string of the molecule is Cc1ccc(C2=C(N3CCCC(CO)C3)C(=O)N(CCOC(C)C)C2=O)cc1. The quantitative estimate of drug-likeness (QED) is 0.728. The van der Waals surface area contributed by atoms with Crippen molar-refractivity contribution in [1.82, 2.24) is 9.80 Å². The Hall–Kier alpha value is -2.18. The first-order chi connectivity index (χ1) is 13.4. The van der Waals surface area contributed by atoms with Crippen LogP contribution in [0, 0.1) is 12.8 Å². The molecule has 0 radical (unpaired) electrons. The van der Waals surface area contributed by atoms with Crippen LogP contribution < -0.4 is 0 Å². The Morgan fingerprint density at radius 3 is 2.54 bits per heavy atom. The van der Waals surface area contributed by atoms with Crippen LogP contribution in [0.2, 0.25) is 0 Å². The summed E-state index contributed by atoms with van der Waals surface area (Å²) in [7, 11) is 0. The minimum atomic E-state index is -0.262. The molecule has 6 heteroatoms. The largest absolute Gasteiger partial charge is 0.396 e. The van der Waals surface area contributed by atoms with Gasteiger partial charge in [-0.05, 0) is 45.1 Å². The molecular weight excluding hydrogens is 356 g/mol. The van der Waals surface area contributed by atoms with E-state index in [0.717, 1.165) is 30.5 Å². The monoisotopic (exact) mass is 386 g/mol. The van der Waals surface area contributed by atoms with Gasteiger partial charge in [0.1, 0.15) is 5.70 Å². The highest BCUT2D eigenvalue weighted by Gasteiger charge is 2.42. The van der Waals surface area contributed by atoms with E-state index in [0.29, 0.717) is 24.4 Å². The number of carbonyl (C=O) groups excluding carboxylic acids is 2. The van der Waals surface area contributed by atoms with Crippen molar-refractivity contribution in [1.29, 1.82) is 0 Å². The van der Waals surface area contributed by atoms with E-state index in [4.69, 9.17) is 4.74 Å². The molecule has 1 aromatic carbocycles. The van der Waals surface area contributed by atoms with Gasteiger partial charge in [-0.2, -0.15) is 0 Å². The lowest BCUT2D eigenvalue weighted by Crippen LogP contribution is -2.41. The maximum Gasteiger partial charge on any atom is 0.277 e. The third-order valence-electron chi connectivity index (χ3n) is 5.34. The second-order valence-electron chi connectivity index (χ2n) is 7.91. The first-order valence-corrected chi connectivity index (χ1v) is 10.1. The Morgan fingerprint density at radius 1 is 1.18 bits per heavy atom. The molecule has 1 atom stereocenters. The van der Waals surface area contributed by atoms with Crippen molar-refractivity contribution in [2.24, 2.45) is 5.92 Å². The van der Waals surface area contributed by atoms with Crippen molar-refractivity contribution >= 4 is 17.4 Å². The third-order valence-corrected chi connectivity index (χ3v) is 5.34. The average molecular weight is 386 g/mol. The van der Waals surface area contributed by atoms with Gasteiger partial charge in [-0.3, -0.25) is 14.5 Å². The second-order valence-corrected chi connectivity index (χ2v) is 7.91. The highest BCUT2D eigenvalue weighted by atomic mass is 16.5. The highest BCUT2D eigenvalue weighted by Crippen LogP contribution is 2.34. The molecule has 6 nitrogen and oxygen atoms in total. The molecule has 1 N–H and O–H groups in total. The van der Waals surface area contributed by atoms with Crippen molar-refractivity contribution in [2.75, 3.05) is 32.8 Å². The molecule has 3 rings (SSSR count). The molecular formula is C22H30N2O4. The molecule has 1 aromatic rings. The summed E-state index contributed by atoms with van der Waals surface area (Å²) in [5.74, 6) is -0.393. The number of rotatable bonds is 7. The molecule has 0 spiro atoms. The fourth-order valence-electron chi connectivity index (χ4n) is 3.84. The van der Waals surface area contributed by atoms with Gasteiger partial charge in [0, 0.05) is 19.7 Å². The lowest BCUT2D eigenvalue weighted by atomic mass is 9.96. The van der Waals surface area contributed by atoms with E-state index in [-0.39, 0.29) is 37.0 Å². The third kappa shape index (κ3) is 4.28. The van der Waals surface area contributed by atoms with Crippen molar-refractivity contribution in [3.05, 3.63) is 41.1 Å². The van der Waals surface area contributed by atoms with Gasteiger partial charge >= 0.3 is 0 Å². The number of imide groups is 1. The molecule has 0 aliphatic carbocycles. The summed E-state index contributed by atoms with van der Waals surface area (Å²) in [6, 6.07) is 7.71. The predicted octanol–water partition coefficient (Wildman–Crippen LogP) is 2.20. The van der Waals surface area contributed by atoms with Crippen LogP contribution in [0.5, 0.6) is 0 Å². The number of hydrogen-bond donors (Lipinski definition) is 1. The van der Waals surface area contributed by atoms with E-state index in [1.54, 1.807) is 0 Å². The number of carbonyl (C=O) groups is 2. The molecule has 2 aliphatic heterocycles. The number of amides is 2. The van der Waals surface area contributed by atoms with Crippen LogP contribution in [0.25, 0.3) is 5.57 Å². The summed E-state index contributed by atoms with van der Waals surface area (Å²) in [6.45, 7) is 7.82. The van der Waals surface area contributed by atoms with Crippen LogP contribution in [0.4, 0.5) is 0 Å². The number of nitrogens with zero attached hydrogens (tertiary/aromatic N) is 2. The van der Waals surface area contributed by atoms with Crippen LogP contribution >= 0.6 is 0 Å². The zero-order valence-electron chi connectivity index (χ0n) is 17.0. The van der Waals surface area contributed by atoms with Crippen molar-refractivity contribution < 1.29 is 19.4 Å². The number of piperidine rings is 1. The van der Waals surface area contributed by atoms with E-state index in [1.807, 2.05) is 49.9 Å². The van der Waals surface area contributed by atoms with E-state index in [2.05, 4.69) is 0 Å². The Morgan fingerprint density at radius 2 is 1.89 bits per heavy atom. The van der Waals surface area contributed by atoms with Crippen molar-refractivity contribution in [3.63, 3.8) is 0 Å². The fourth-order valence-corrected chi connectivity index (χ4v) is 3.84. The van der Waals surface area contributed by atoms with E-state index in [1.165, 1.54) is 4.90 Å². The fraction of sp³-hybridized carbons (Fsp3) is 0.545. The van der Waals surface area contributed by atoms with E-state index < -0.39 is 0 Å². The summed E-state index contributed by atoms with van der Waals surface area (Å²) < 4.78 is 5.56. The van der Waals surface area contributed by atoms with Gasteiger partial charge in [0.05, 0.1) is 24.8 Å². The number of hydrogen-bond acceptors (Lipinski definition) is 5. The zero-order valence-corrected chi connectivity index (χ0v) is 17.0. The van der Waals surface area contributed by atoms with Crippen LogP contribution in [0.1, 0.15) is 37.8 Å². The number of aliphatic hydroxyl groups is 1. The summed E-state index contributed by atoms with van der Waals surface area (Å²) in [5, 5.41) is 9.58. The Labute approximate surface area is 166 Å². The summed E-state index contributed by atoms with van der Waals surface area (Å²) in [5.41, 5.74) is 2.80. The normalized spacial score (nSPS) is 20.7. The standard InChI is InChI=1S/C22H30N2O4/c1-15(2)28-12-11-24-21(26)19(18-8-6-16(3)7-9-18)20(22(24)27)23-10-4-5-17(13-23)14-25/h6-9,15,17,25H,4-5,10-14H2,1-3H3. The molecule has 152 valence electrons. The van der Waals surface area contributed by atoms with Crippen molar-refractivity contribution in [2.45, 2.75) is 39.7 Å². The number of aryl methyl sites for hydroxylation is 1. The molecule has 0 saturated carbocycles. The summed E-state index contributed by atoms with van der Waals surface area (Å²) in [6.07, 6.45) is 1.88. The highest BCUT2D eigenvalue weighted by molar-refractivity contribution is 6.35. The molecule has 2 amide bonds. The zero-order chi connectivity index (χ0) is 20.3. The first-order valence-electron chi connectivity index (χ1n) is 10.1. The average Bonchev–Trinajstić information content (AvgIpc) is 2.93. The molecule has 28 heavy (non-hydrogen) atoms. The molecule has 0 bridgehead atoms.